The number of nitrogens with two attached hydrogens (primary N) is 1. The summed E-state index contributed by atoms with van der Waals surface area (Å²) < 4.78 is 1.68. The Morgan fingerprint density at radius 2 is 1.81 bits per heavy atom. The number of benzene rings is 1. The summed E-state index contributed by atoms with van der Waals surface area (Å²) in [4.78, 5) is 0. The zero-order valence-corrected chi connectivity index (χ0v) is 13.3. The fourth-order valence-electron chi connectivity index (χ4n) is 1.41. The maximum Gasteiger partial charge on any atom is 0.142 e. The molecule has 1 aromatic carbocycles. The Balaban J connectivity index is 2.42. The smallest absolute Gasteiger partial charge is 0.142 e. The van der Waals surface area contributed by atoms with Gasteiger partial charge in [-0.05, 0) is 85.3 Å². The summed E-state index contributed by atoms with van der Waals surface area (Å²) >= 11 is 5.88. The second kappa shape index (κ2) is 5.19. The number of rotatable bonds is 2. The Kier molecular flexibility index (Phi) is 4.09. The van der Waals surface area contributed by atoms with E-state index in [1.54, 1.807) is 11.3 Å². The molecule has 1 heterocycles. The van der Waals surface area contributed by atoms with Crippen molar-refractivity contribution in [1.82, 2.24) is 0 Å². The summed E-state index contributed by atoms with van der Waals surface area (Å²) in [5, 5.41) is 13.8. The van der Waals surface area contributed by atoms with Crippen LogP contribution in [-0.4, -0.2) is 5.11 Å². The van der Waals surface area contributed by atoms with E-state index >= 15 is 0 Å². The second-order valence-electron chi connectivity index (χ2n) is 3.37. The van der Waals surface area contributed by atoms with Gasteiger partial charge in [0.15, 0.2) is 0 Å². The molecule has 0 aliphatic carbocycles. The molecule has 5 heteroatoms. The van der Waals surface area contributed by atoms with E-state index in [0.717, 1.165) is 18.3 Å². The Morgan fingerprint density at radius 3 is 2.31 bits per heavy atom. The summed E-state index contributed by atoms with van der Waals surface area (Å²) in [5.74, 6) is 0.336. The Hall–Kier alpha value is 0.140. The largest absolute Gasteiger partial charge is 0.506 e. The molecular formula is C11H9I2NOS. The van der Waals surface area contributed by atoms with E-state index in [9.17, 15) is 5.11 Å². The summed E-state index contributed by atoms with van der Waals surface area (Å²) in [5.41, 5.74) is 8.31. The van der Waals surface area contributed by atoms with Crippen LogP contribution in [0, 0.1) is 7.14 Å². The number of aromatic hydroxyl groups is 1. The lowest BCUT2D eigenvalue weighted by Gasteiger charge is -2.12. The average Bonchev–Trinajstić information content (AvgIpc) is 2.77. The zero-order chi connectivity index (χ0) is 11.7. The van der Waals surface area contributed by atoms with Gasteiger partial charge in [-0.2, -0.15) is 11.3 Å². The summed E-state index contributed by atoms with van der Waals surface area (Å²) in [7, 11) is 0. The fraction of sp³-hybridized carbons (Fsp3) is 0.0909. The molecule has 16 heavy (non-hydrogen) atoms. The van der Waals surface area contributed by atoms with E-state index in [-0.39, 0.29) is 6.04 Å². The number of thiophene rings is 1. The first kappa shape index (κ1) is 12.6. The van der Waals surface area contributed by atoms with Crippen molar-refractivity contribution in [2.75, 3.05) is 0 Å². The minimum atomic E-state index is -0.117. The van der Waals surface area contributed by atoms with Crippen LogP contribution in [0.3, 0.4) is 0 Å². The quantitative estimate of drug-likeness (QED) is 0.676. The van der Waals surface area contributed by atoms with E-state index in [0.29, 0.717) is 5.75 Å². The van der Waals surface area contributed by atoms with Crippen molar-refractivity contribution in [3.63, 3.8) is 0 Å². The van der Waals surface area contributed by atoms with Gasteiger partial charge in [0, 0.05) is 0 Å². The highest BCUT2D eigenvalue weighted by Crippen LogP contribution is 2.31. The van der Waals surface area contributed by atoms with Crippen molar-refractivity contribution in [2.24, 2.45) is 5.73 Å². The minimum absolute atomic E-state index is 0.117. The number of halogens is 2. The van der Waals surface area contributed by atoms with E-state index in [1.165, 1.54) is 0 Å². The molecule has 0 amide bonds. The van der Waals surface area contributed by atoms with Crippen molar-refractivity contribution in [3.8, 4) is 5.75 Å². The van der Waals surface area contributed by atoms with Crippen molar-refractivity contribution in [2.45, 2.75) is 6.04 Å². The van der Waals surface area contributed by atoms with Crippen LogP contribution in [0.25, 0.3) is 0 Å². The molecule has 0 fully saturated rings. The molecule has 0 saturated carbocycles. The van der Waals surface area contributed by atoms with Crippen LogP contribution >= 0.6 is 56.5 Å². The molecule has 2 aromatic rings. The molecule has 1 aromatic heterocycles. The highest BCUT2D eigenvalue weighted by molar-refractivity contribution is 14.1. The molecule has 84 valence electrons. The number of hydrogen-bond acceptors (Lipinski definition) is 3. The van der Waals surface area contributed by atoms with Crippen LogP contribution in [0.1, 0.15) is 17.2 Å². The molecule has 2 rings (SSSR count). The van der Waals surface area contributed by atoms with Crippen molar-refractivity contribution in [3.05, 3.63) is 47.2 Å². The van der Waals surface area contributed by atoms with Crippen molar-refractivity contribution < 1.29 is 5.11 Å². The van der Waals surface area contributed by atoms with Gasteiger partial charge in [0.05, 0.1) is 13.2 Å². The number of hydrogen-bond donors (Lipinski definition) is 2. The van der Waals surface area contributed by atoms with Crippen LogP contribution in [0.15, 0.2) is 29.0 Å². The van der Waals surface area contributed by atoms with Gasteiger partial charge in [0.25, 0.3) is 0 Å². The van der Waals surface area contributed by atoms with E-state index in [2.05, 4.69) is 50.6 Å². The molecule has 0 aliphatic rings. The van der Waals surface area contributed by atoms with Crippen LogP contribution in [-0.2, 0) is 0 Å². The van der Waals surface area contributed by atoms with Gasteiger partial charge < -0.3 is 10.8 Å². The van der Waals surface area contributed by atoms with Gasteiger partial charge in [-0.25, -0.2) is 0 Å². The Bertz CT molecular complexity index is 476. The fourth-order valence-corrected chi connectivity index (χ4v) is 3.92. The first-order valence-electron chi connectivity index (χ1n) is 4.55. The molecule has 0 radical (unpaired) electrons. The molecule has 0 bridgehead atoms. The Morgan fingerprint density at radius 1 is 1.19 bits per heavy atom. The highest BCUT2D eigenvalue weighted by Gasteiger charge is 2.13. The van der Waals surface area contributed by atoms with Crippen LogP contribution in [0.4, 0.5) is 0 Å². The minimum Gasteiger partial charge on any atom is -0.506 e. The second-order valence-corrected chi connectivity index (χ2v) is 6.47. The molecular weight excluding hydrogens is 448 g/mol. The predicted molar refractivity (Wildman–Crippen MR) is 83.9 cm³/mol. The molecule has 0 unspecified atom stereocenters. The maximum absolute atomic E-state index is 9.69. The van der Waals surface area contributed by atoms with Crippen molar-refractivity contribution >= 4 is 56.5 Å². The summed E-state index contributed by atoms with van der Waals surface area (Å²) in [6.45, 7) is 0. The highest BCUT2D eigenvalue weighted by atomic mass is 127. The number of phenols is 1. The van der Waals surface area contributed by atoms with Crippen LogP contribution in [0.5, 0.6) is 5.75 Å². The van der Waals surface area contributed by atoms with Crippen molar-refractivity contribution in [1.29, 1.82) is 0 Å². The van der Waals surface area contributed by atoms with Gasteiger partial charge in [-0.3, -0.25) is 0 Å². The van der Waals surface area contributed by atoms with E-state index in [4.69, 9.17) is 5.73 Å². The SMILES string of the molecule is N[C@@H](c1ccsc1)c1cc(I)c(O)c(I)c1. The van der Waals surface area contributed by atoms with Crippen LogP contribution < -0.4 is 5.73 Å². The average molecular weight is 457 g/mol. The molecule has 0 aliphatic heterocycles. The lowest BCUT2D eigenvalue weighted by Crippen LogP contribution is -2.11. The molecule has 2 nitrogen and oxygen atoms in total. The van der Waals surface area contributed by atoms with Crippen LogP contribution in [0.2, 0.25) is 0 Å². The molecule has 3 N–H and O–H groups in total. The summed E-state index contributed by atoms with van der Waals surface area (Å²) in [6.07, 6.45) is 0. The lowest BCUT2D eigenvalue weighted by atomic mass is 10.0. The standard InChI is InChI=1S/C11H9I2NOS/c12-8-3-7(4-9(13)11(8)15)10(14)6-1-2-16-5-6/h1-5,10,15H,14H2/t10-/m0/s1. The van der Waals surface area contributed by atoms with Gasteiger partial charge in [0.1, 0.15) is 5.75 Å². The van der Waals surface area contributed by atoms with Gasteiger partial charge >= 0.3 is 0 Å². The van der Waals surface area contributed by atoms with E-state index in [1.807, 2.05) is 23.6 Å². The predicted octanol–water partition coefficient (Wildman–Crippen LogP) is 3.71. The third kappa shape index (κ3) is 2.52. The molecule has 1 atom stereocenters. The zero-order valence-electron chi connectivity index (χ0n) is 8.15. The maximum atomic E-state index is 9.69. The summed E-state index contributed by atoms with van der Waals surface area (Å²) in [6, 6.07) is 5.77. The Labute approximate surface area is 125 Å². The molecule has 0 spiro atoms. The van der Waals surface area contributed by atoms with E-state index < -0.39 is 0 Å². The number of phenolic OH excluding ortho intramolecular Hbond substituents is 1. The first-order chi connectivity index (χ1) is 7.59. The third-order valence-corrected chi connectivity index (χ3v) is 4.65. The first-order valence-corrected chi connectivity index (χ1v) is 7.65. The lowest BCUT2D eigenvalue weighted by molar-refractivity contribution is 0.467. The van der Waals surface area contributed by atoms with Gasteiger partial charge in [0.2, 0.25) is 0 Å². The molecule has 0 saturated heterocycles. The van der Waals surface area contributed by atoms with Gasteiger partial charge in [-0.1, -0.05) is 0 Å². The third-order valence-electron chi connectivity index (χ3n) is 2.30. The normalized spacial score (nSPS) is 12.7. The monoisotopic (exact) mass is 457 g/mol. The van der Waals surface area contributed by atoms with Gasteiger partial charge in [-0.15, -0.1) is 0 Å². The topological polar surface area (TPSA) is 46.2 Å².